The van der Waals surface area contributed by atoms with Gasteiger partial charge in [-0.15, -0.1) is 0 Å². The van der Waals surface area contributed by atoms with Gasteiger partial charge >= 0.3 is 12.0 Å². The molecule has 17 heavy (non-hydrogen) atoms. The van der Waals surface area contributed by atoms with E-state index in [1.165, 1.54) is 0 Å². The van der Waals surface area contributed by atoms with Crippen molar-refractivity contribution in [3.63, 3.8) is 0 Å². The SMILES string of the molecule is CNCCN(C)C(=O)N(CCC(=O)O)C(C)C. The van der Waals surface area contributed by atoms with Gasteiger partial charge in [0.15, 0.2) is 0 Å². The van der Waals surface area contributed by atoms with E-state index in [0.717, 1.165) is 0 Å². The van der Waals surface area contributed by atoms with Crippen molar-refractivity contribution in [3.05, 3.63) is 0 Å². The van der Waals surface area contributed by atoms with E-state index in [0.29, 0.717) is 13.1 Å². The highest BCUT2D eigenvalue weighted by Gasteiger charge is 2.20. The predicted octanol–water partition coefficient (Wildman–Crippen LogP) is 0.443. The van der Waals surface area contributed by atoms with E-state index in [4.69, 9.17) is 5.11 Å². The molecule has 6 heteroatoms. The monoisotopic (exact) mass is 245 g/mol. The van der Waals surface area contributed by atoms with Crippen LogP contribution in [0.2, 0.25) is 0 Å². The first-order chi connectivity index (χ1) is 7.90. The second kappa shape index (κ2) is 7.89. The van der Waals surface area contributed by atoms with Crippen molar-refractivity contribution in [1.29, 1.82) is 0 Å². The molecule has 100 valence electrons. The molecule has 0 saturated heterocycles. The Morgan fingerprint density at radius 1 is 1.29 bits per heavy atom. The van der Waals surface area contributed by atoms with Crippen molar-refractivity contribution in [1.82, 2.24) is 15.1 Å². The smallest absolute Gasteiger partial charge is 0.320 e. The number of aliphatic carboxylic acids is 1. The molecule has 0 atom stereocenters. The first-order valence-corrected chi connectivity index (χ1v) is 5.78. The summed E-state index contributed by atoms with van der Waals surface area (Å²) in [5.74, 6) is -0.888. The molecule has 0 heterocycles. The minimum absolute atomic E-state index is 0.00103. The van der Waals surface area contributed by atoms with Crippen molar-refractivity contribution >= 4 is 12.0 Å². The highest BCUT2D eigenvalue weighted by atomic mass is 16.4. The number of urea groups is 1. The topological polar surface area (TPSA) is 72.9 Å². The molecule has 0 spiro atoms. The zero-order chi connectivity index (χ0) is 13.4. The van der Waals surface area contributed by atoms with E-state index in [-0.39, 0.29) is 25.0 Å². The Hall–Kier alpha value is -1.30. The van der Waals surface area contributed by atoms with Gasteiger partial charge in [0.25, 0.3) is 0 Å². The van der Waals surface area contributed by atoms with E-state index in [2.05, 4.69) is 5.32 Å². The molecule has 0 unspecified atom stereocenters. The molecule has 0 bridgehead atoms. The van der Waals surface area contributed by atoms with Crippen LogP contribution in [0.1, 0.15) is 20.3 Å². The number of rotatable bonds is 7. The Morgan fingerprint density at radius 2 is 1.88 bits per heavy atom. The lowest BCUT2D eigenvalue weighted by Gasteiger charge is -2.31. The van der Waals surface area contributed by atoms with Crippen molar-refractivity contribution < 1.29 is 14.7 Å². The van der Waals surface area contributed by atoms with Gasteiger partial charge in [-0.25, -0.2) is 4.79 Å². The van der Waals surface area contributed by atoms with E-state index >= 15 is 0 Å². The second-order valence-electron chi connectivity index (χ2n) is 4.24. The van der Waals surface area contributed by atoms with Crippen LogP contribution in [0, 0.1) is 0 Å². The minimum Gasteiger partial charge on any atom is -0.481 e. The summed E-state index contributed by atoms with van der Waals surface area (Å²) in [6, 6.07) is -0.129. The predicted molar refractivity (Wildman–Crippen MR) is 66.0 cm³/mol. The average Bonchev–Trinajstić information content (AvgIpc) is 2.24. The van der Waals surface area contributed by atoms with Gasteiger partial charge in [-0.3, -0.25) is 4.79 Å². The molecule has 0 saturated carbocycles. The van der Waals surface area contributed by atoms with E-state index < -0.39 is 5.97 Å². The van der Waals surface area contributed by atoms with E-state index in [9.17, 15) is 9.59 Å². The number of carbonyl (C=O) groups is 2. The summed E-state index contributed by atoms with van der Waals surface area (Å²) < 4.78 is 0. The number of nitrogens with zero attached hydrogens (tertiary/aromatic N) is 2. The molecule has 0 rings (SSSR count). The van der Waals surface area contributed by atoms with Crippen molar-refractivity contribution in [2.24, 2.45) is 0 Å². The Balaban J connectivity index is 4.37. The lowest BCUT2D eigenvalue weighted by molar-refractivity contribution is -0.137. The number of hydrogen-bond donors (Lipinski definition) is 2. The summed E-state index contributed by atoms with van der Waals surface area (Å²) in [6.45, 7) is 5.33. The number of likely N-dealkylation sites (N-methyl/N-ethyl adjacent to an activating group) is 2. The van der Waals surface area contributed by atoms with Gasteiger partial charge in [-0.2, -0.15) is 0 Å². The summed E-state index contributed by atoms with van der Waals surface area (Å²) in [6.07, 6.45) is -0.0240. The molecule has 0 aromatic heterocycles. The largest absolute Gasteiger partial charge is 0.481 e. The highest BCUT2D eigenvalue weighted by molar-refractivity contribution is 5.75. The van der Waals surface area contributed by atoms with Gasteiger partial charge in [0.2, 0.25) is 0 Å². The van der Waals surface area contributed by atoms with Crippen LogP contribution in [0.3, 0.4) is 0 Å². The number of carboxylic acids is 1. The lowest BCUT2D eigenvalue weighted by atomic mass is 10.3. The van der Waals surface area contributed by atoms with Crippen LogP contribution in [0.15, 0.2) is 0 Å². The molecule has 0 fully saturated rings. The Morgan fingerprint density at radius 3 is 2.29 bits per heavy atom. The van der Waals surface area contributed by atoms with Crippen LogP contribution in [0.5, 0.6) is 0 Å². The molecule has 6 nitrogen and oxygen atoms in total. The fraction of sp³-hybridized carbons (Fsp3) is 0.818. The minimum atomic E-state index is -0.888. The molecule has 2 amide bonds. The van der Waals surface area contributed by atoms with Crippen LogP contribution >= 0.6 is 0 Å². The maximum Gasteiger partial charge on any atom is 0.320 e. The molecule has 0 aromatic rings. The van der Waals surface area contributed by atoms with Crippen LogP contribution < -0.4 is 5.32 Å². The number of carbonyl (C=O) groups excluding carboxylic acids is 1. The first-order valence-electron chi connectivity index (χ1n) is 5.78. The lowest BCUT2D eigenvalue weighted by Crippen LogP contribution is -2.47. The summed E-state index contributed by atoms with van der Waals surface area (Å²) in [7, 11) is 3.54. The summed E-state index contributed by atoms with van der Waals surface area (Å²) >= 11 is 0. The molecule has 0 aliphatic carbocycles. The third-order valence-electron chi connectivity index (χ3n) is 2.46. The van der Waals surface area contributed by atoms with E-state index in [1.54, 1.807) is 16.8 Å². The molecule has 0 radical (unpaired) electrons. The maximum absolute atomic E-state index is 12.0. The molecule has 0 aliphatic rings. The number of nitrogens with one attached hydrogen (secondary N) is 1. The van der Waals surface area contributed by atoms with Gasteiger partial charge in [0.05, 0.1) is 6.42 Å². The third kappa shape index (κ3) is 6.11. The maximum atomic E-state index is 12.0. The highest BCUT2D eigenvalue weighted by Crippen LogP contribution is 2.04. The van der Waals surface area contributed by atoms with Crippen molar-refractivity contribution in [2.75, 3.05) is 33.7 Å². The third-order valence-corrected chi connectivity index (χ3v) is 2.46. The zero-order valence-electron chi connectivity index (χ0n) is 11.1. The van der Waals surface area contributed by atoms with Crippen LogP contribution in [0.4, 0.5) is 4.79 Å². The van der Waals surface area contributed by atoms with E-state index in [1.807, 2.05) is 20.9 Å². The molecule has 0 aliphatic heterocycles. The molecular weight excluding hydrogens is 222 g/mol. The Kier molecular flexibility index (Phi) is 7.29. The van der Waals surface area contributed by atoms with Crippen molar-refractivity contribution in [3.8, 4) is 0 Å². The normalized spacial score (nSPS) is 10.4. The number of hydrogen-bond acceptors (Lipinski definition) is 3. The fourth-order valence-corrected chi connectivity index (χ4v) is 1.39. The standard InChI is InChI=1S/C11H23N3O3/c1-9(2)14(7-5-10(15)16)11(17)13(4)8-6-12-3/h9,12H,5-8H2,1-4H3,(H,15,16). The summed E-state index contributed by atoms with van der Waals surface area (Å²) in [5, 5.41) is 11.6. The quantitative estimate of drug-likeness (QED) is 0.683. The van der Waals surface area contributed by atoms with Gasteiger partial charge in [0, 0.05) is 32.7 Å². The van der Waals surface area contributed by atoms with Crippen LogP contribution in [0.25, 0.3) is 0 Å². The summed E-state index contributed by atoms with van der Waals surface area (Å²) in [4.78, 5) is 25.7. The Bertz CT molecular complexity index is 256. The Labute approximate surface area is 103 Å². The van der Waals surface area contributed by atoms with Gasteiger partial charge in [-0.1, -0.05) is 0 Å². The zero-order valence-corrected chi connectivity index (χ0v) is 11.1. The van der Waals surface area contributed by atoms with Gasteiger partial charge in [-0.05, 0) is 20.9 Å². The molecule has 0 aromatic carbocycles. The summed E-state index contributed by atoms with van der Waals surface area (Å²) in [5.41, 5.74) is 0. The first kappa shape index (κ1) is 15.7. The van der Waals surface area contributed by atoms with Gasteiger partial charge < -0.3 is 20.2 Å². The van der Waals surface area contributed by atoms with Crippen LogP contribution in [-0.2, 0) is 4.79 Å². The van der Waals surface area contributed by atoms with Crippen molar-refractivity contribution in [2.45, 2.75) is 26.3 Å². The van der Waals surface area contributed by atoms with Gasteiger partial charge in [0.1, 0.15) is 0 Å². The molecule has 2 N–H and O–H groups in total. The second-order valence-corrected chi connectivity index (χ2v) is 4.24. The number of carboxylic acid groups (broad SMARTS) is 1. The number of amides is 2. The molecular formula is C11H23N3O3. The fourth-order valence-electron chi connectivity index (χ4n) is 1.39. The van der Waals surface area contributed by atoms with Crippen LogP contribution in [-0.4, -0.2) is 66.7 Å². The average molecular weight is 245 g/mol.